The monoisotopic (exact) mass is 641 g/mol. The third-order valence-electron chi connectivity index (χ3n) is 7.59. The summed E-state index contributed by atoms with van der Waals surface area (Å²) in [5.41, 5.74) is 4.00. The van der Waals surface area contributed by atoms with E-state index in [4.69, 9.17) is 19.8 Å². The van der Waals surface area contributed by atoms with Crippen LogP contribution in [0.1, 0.15) is 41.3 Å². The molecule has 0 unspecified atom stereocenters. The average Bonchev–Trinajstić information content (AvgIpc) is 2.98. The number of likely N-dealkylation sites (tertiary alicyclic amines) is 1. The Bertz CT molecular complexity index is 1460. The molecular weight excluding hydrogens is 608 g/mol. The summed E-state index contributed by atoms with van der Waals surface area (Å²) < 4.78 is 63.5. The number of hydrogen-bond acceptors (Lipinski definition) is 5. The van der Waals surface area contributed by atoms with E-state index in [-0.39, 0.29) is 17.4 Å². The summed E-state index contributed by atoms with van der Waals surface area (Å²) in [6.45, 7) is 7.22. The topological polar surface area (TPSA) is 119 Å². The molecule has 244 valence electrons. The summed E-state index contributed by atoms with van der Waals surface area (Å²) >= 11 is 0. The molecule has 1 atom stereocenters. The first-order valence-electron chi connectivity index (χ1n) is 13.9. The molecule has 4 N–H and O–H groups in total. The van der Waals surface area contributed by atoms with E-state index in [1.165, 1.54) is 18.4 Å². The number of carboxylic acid groups (broad SMARTS) is 2. The number of fused-ring (bicyclic) bond motifs is 3. The van der Waals surface area contributed by atoms with Crippen LogP contribution in [0.3, 0.4) is 0 Å². The van der Waals surface area contributed by atoms with Gasteiger partial charge in [0.25, 0.3) is 5.91 Å². The van der Waals surface area contributed by atoms with E-state index in [0.717, 1.165) is 49.1 Å². The molecule has 0 bridgehead atoms. The van der Waals surface area contributed by atoms with Crippen LogP contribution in [0.2, 0.25) is 0 Å². The number of halogens is 6. The first-order chi connectivity index (χ1) is 21.0. The summed E-state index contributed by atoms with van der Waals surface area (Å²) in [6, 6.07) is 23.1. The lowest BCUT2D eigenvalue weighted by atomic mass is 9.69. The van der Waals surface area contributed by atoms with Crippen molar-refractivity contribution in [3.05, 3.63) is 83.4 Å². The van der Waals surface area contributed by atoms with Crippen LogP contribution in [-0.4, -0.2) is 77.5 Å². The first-order valence-corrected chi connectivity index (χ1v) is 13.9. The number of carboxylic acids is 2. The molecule has 2 aliphatic rings. The van der Waals surface area contributed by atoms with Gasteiger partial charge >= 0.3 is 24.3 Å². The molecule has 8 nitrogen and oxygen atoms in total. The molecule has 3 aromatic rings. The summed E-state index contributed by atoms with van der Waals surface area (Å²) in [5, 5.41) is 23.4. The lowest BCUT2D eigenvalue weighted by Crippen LogP contribution is -2.52. The summed E-state index contributed by atoms with van der Waals surface area (Å²) in [6.07, 6.45) is -7.83. The molecule has 45 heavy (non-hydrogen) atoms. The first kappa shape index (κ1) is 35.3. The van der Waals surface area contributed by atoms with Gasteiger partial charge in [0.15, 0.2) is 0 Å². The number of aliphatic carboxylic acids is 2. The maximum Gasteiger partial charge on any atom is 0.490 e. The fraction of sp³-hybridized carbons (Fsp3) is 0.387. The number of alkyl halides is 6. The van der Waals surface area contributed by atoms with Crippen molar-refractivity contribution in [3.8, 4) is 0 Å². The van der Waals surface area contributed by atoms with Gasteiger partial charge in [-0.15, -0.1) is 0 Å². The number of hydrogen-bond donors (Lipinski definition) is 4. The minimum atomic E-state index is -5.08. The second-order valence-electron chi connectivity index (χ2n) is 10.9. The fourth-order valence-electron chi connectivity index (χ4n) is 5.40. The van der Waals surface area contributed by atoms with Crippen LogP contribution in [0.25, 0.3) is 10.8 Å². The zero-order valence-corrected chi connectivity index (χ0v) is 24.2. The third-order valence-corrected chi connectivity index (χ3v) is 7.59. The lowest BCUT2D eigenvalue weighted by molar-refractivity contribution is -0.193. The van der Waals surface area contributed by atoms with Gasteiger partial charge in [-0.25, -0.2) is 9.59 Å². The quantitative estimate of drug-likeness (QED) is 0.283. The minimum absolute atomic E-state index is 0.0112. The van der Waals surface area contributed by atoms with Crippen LogP contribution in [0.15, 0.2) is 66.7 Å². The minimum Gasteiger partial charge on any atom is -0.475 e. The molecule has 1 amide bonds. The van der Waals surface area contributed by atoms with Crippen LogP contribution < -0.4 is 10.6 Å². The SMILES string of the molecule is C[C@H](CN1CCC2(CC1)CNCc1ccccc12)NC(=O)c1ccc2ccccc2c1.O=C(O)C(F)(F)F.O=C(O)C(F)(F)F. The van der Waals surface area contributed by atoms with Gasteiger partial charge in [-0.1, -0.05) is 54.6 Å². The van der Waals surface area contributed by atoms with Crippen LogP contribution in [-0.2, 0) is 21.5 Å². The predicted octanol–water partition coefficient (Wildman–Crippen LogP) is 5.36. The van der Waals surface area contributed by atoms with Gasteiger partial charge < -0.3 is 25.7 Å². The number of nitrogens with one attached hydrogen (secondary N) is 2. The van der Waals surface area contributed by atoms with Gasteiger partial charge in [-0.3, -0.25) is 4.79 Å². The Morgan fingerprint density at radius 2 is 1.40 bits per heavy atom. The van der Waals surface area contributed by atoms with Crippen molar-refractivity contribution in [1.29, 1.82) is 0 Å². The fourth-order valence-corrected chi connectivity index (χ4v) is 5.40. The smallest absolute Gasteiger partial charge is 0.475 e. The molecule has 1 saturated heterocycles. The van der Waals surface area contributed by atoms with E-state index >= 15 is 0 Å². The van der Waals surface area contributed by atoms with Crippen molar-refractivity contribution in [2.75, 3.05) is 26.2 Å². The highest BCUT2D eigenvalue weighted by Crippen LogP contribution is 2.39. The molecule has 0 saturated carbocycles. The van der Waals surface area contributed by atoms with Crippen molar-refractivity contribution in [1.82, 2.24) is 15.5 Å². The van der Waals surface area contributed by atoms with Crippen LogP contribution in [0.4, 0.5) is 26.3 Å². The van der Waals surface area contributed by atoms with Crippen molar-refractivity contribution in [2.45, 2.75) is 50.1 Å². The largest absolute Gasteiger partial charge is 0.490 e. The molecular formula is C31H33F6N3O5. The molecule has 14 heteroatoms. The summed E-state index contributed by atoms with van der Waals surface area (Å²) in [5.74, 6) is -5.50. The number of carbonyl (C=O) groups is 3. The van der Waals surface area contributed by atoms with Gasteiger partial charge in [0.2, 0.25) is 0 Å². The van der Waals surface area contributed by atoms with E-state index in [1.807, 2.05) is 30.3 Å². The number of nitrogens with zero attached hydrogens (tertiary/aromatic N) is 1. The van der Waals surface area contributed by atoms with E-state index in [1.54, 1.807) is 5.56 Å². The number of piperidine rings is 1. The summed E-state index contributed by atoms with van der Waals surface area (Å²) in [7, 11) is 0. The highest BCUT2D eigenvalue weighted by molar-refractivity contribution is 5.98. The highest BCUT2D eigenvalue weighted by Gasteiger charge is 2.40. The van der Waals surface area contributed by atoms with Gasteiger partial charge in [0.1, 0.15) is 0 Å². The number of benzene rings is 3. The number of rotatable bonds is 4. The number of amides is 1. The Hall–Kier alpha value is -4.17. The van der Waals surface area contributed by atoms with Gasteiger partial charge in [0, 0.05) is 36.7 Å². The molecule has 1 fully saturated rings. The van der Waals surface area contributed by atoms with Crippen LogP contribution in [0, 0.1) is 0 Å². The maximum absolute atomic E-state index is 12.8. The Balaban J connectivity index is 0.000000331. The van der Waals surface area contributed by atoms with Gasteiger partial charge in [0.05, 0.1) is 0 Å². The molecule has 2 aliphatic heterocycles. The molecule has 0 radical (unpaired) electrons. The van der Waals surface area contributed by atoms with Gasteiger partial charge in [-0.2, -0.15) is 26.3 Å². The van der Waals surface area contributed by atoms with Crippen molar-refractivity contribution in [3.63, 3.8) is 0 Å². The molecule has 5 rings (SSSR count). The van der Waals surface area contributed by atoms with Crippen molar-refractivity contribution < 1.29 is 50.9 Å². The molecule has 0 aliphatic carbocycles. The average molecular weight is 642 g/mol. The zero-order chi connectivity index (χ0) is 33.4. The predicted molar refractivity (Wildman–Crippen MR) is 154 cm³/mol. The second-order valence-corrected chi connectivity index (χ2v) is 10.9. The normalized spacial score (nSPS) is 16.7. The van der Waals surface area contributed by atoms with Crippen molar-refractivity contribution >= 4 is 28.6 Å². The van der Waals surface area contributed by atoms with Crippen molar-refractivity contribution in [2.24, 2.45) is 0 Å². The molecule has 2 heterocycles. The summed E-state index contributed by atoms with van der Waals surface area (Å²) in [4.78, 5) is 33.1. The highest BCUT2D eigenvalue weighted by atomic mass is 19.4. The molecule has 3 aromatic carbocycles. The molecule has 0 aromatic heterocycles. The Morgan fingerprint density at radius 3 is 1.98 bits per heavy atom. The second kappa shape index (κ2) is 14.7. The Morgan fingerprint density at radius 1 is 0.867 bits per heavy atom. The standard InChI is InChI=1S/C27H31N3O.2C2HF3O2/c1-20(29-26(31)23-11-10-21-6-2-3-7-22(21)16-23)18-30-14-12-27(13-15-30)19-28-17-24-8-4-5-9-25(24)27;2*3-2(4,5)1(6)7/h2-11,16,20,28H,12-15,17-19H2,1H3,(H,29,31);2*(H,6,7)/t20-;;/m1../s1. The number of carbonyl (C=O) groups excluding carboxylic acids is 1. The lowest BCUT2D eigenvalue weighted by Gasteiger charge is -2.46. The molecule has 1 spiro atoms. The van der Waals surface area contributed by atoms with Crippen LogP contribution >= 0.6 is 0 Å². The Labute approximate surface area is 255 Å². The maximum atomic E-state index is 12.8. The Kier molecular flexibility index (Phi) is 11.6. The van der Waals surface area contributed by atoms with E-state index in [9.17, 15) is 31.1 Å². The zero-order valence-electron chi connectivity index (χ0n) is 24.2. The van der Waals surface area contributed by atoms with E-state index in [2.05, 4.69) is 58.9 Å². The van der Waals surface area contributed by atoms with E-state index < -0.39 is 24.3 Å². The van der Waals surface area contributed by atoms with Crippen LogP contribution in [0.5, 0.6) is 0 Å². The third kappa shape index (κ3) is 9.91. The van der Waals surface area contributed by atoms with E-state index in [0.29, 0.717) is 0 Å². The van der Waals surface area contributed by atoms with Gasteiger partial charge in [-0.05, 0) is 66.9 Å².